The zero-order valence-electron chi connectivity index (χ0n) is 24.2. The maximum atomic E-state index is 13.7. The molecule has 10 heteroatoms. The molecule has 0 aliphatic carbocycles. The summed E-state index contributed by atoms with van der Waals surface area (Å²) in [5, 5.41) is 4.24. The standard InChI is InChI=1S/C34H31FN4O4S/c1-3-44(41,42)38-28-20-31-27(32(34(40)37-2)33(43-31)21-11-13-25(35)14-12-21)19-26(28)22-8-6-9-23(17-22)30-18-24-7-4-5-10-29(24)39(30)16-15-36/h4-14,17-20,38H,3,15-16,36H2,1-2H3,(H,37,40). The lowest BCUT2D eigenvalue weighted by Crippen LogP contribution is -2.18. The summed E-state index contributed by atoms with van der Waals surface area (Å²) in [6.07, 6.45) is 0. The number of hydrogen-bond acceptors (Lipinski definition) is 5. The Kier molecular flexibility index (Phi) is 7.71. The third-order valence-corrected chi connectivity index (χ3v) is 8.96. The zero-order valence-corrected chi connectivity index (χ0v) is 25.0. The van der Waals surface area contributed by atoms with Crippen molar-refractivity contribution in [1.82, 2.24) is 9.88 Å². The summed E-state index contributed by atoms with van der Waals surface area (Å²) in [5.74, 6) is -0.696. The highest BCUT2D eigenvalue weighted by molar-refractivity contribution is 7.92. The van der Waals surface area contributed by atoms with Gasteiger partial charge in [0.1, 0.15) is 17.2 Å². The molecule has 0 saturated heterocycles. The molecular weight excluding hydrogens is 579 g/mol. The molecular formula is C34H31FN4O4S. The predicted octanol–water partition coefficient (Wildman–Crippen LogP) is 6.61. The van der Waals surface area contributed by atoms with Crippen molar-refractivity contribution in [1.29, 1.82) is 0 Å². The van der Waals surface area contributed by atoms with Crippen LogP contribution in [0.1, 0.15) is 17.3 Å². The van der Waals surface area contributed by atoms with Crippen LogP contribution in [-0.2, 0) is 16.6 Å². The number of fused-ring (bicyclic) bond motifs is 2. The lowest BCUT2D eigenvalue weighted by molar-refractivity contribution is 0.0964. The number of furan rings is 1. The number of anilines is 1. The number of sulfonamides is 1. The summed E-state index contributed by atoms with van der Waals surface area (Å²) in [4.78, 5) is 13.2. The summed E-state index contributed by atoms with van der Waals surface area (Å²) in [6.45, 7) is 2.64. The van der Waals surface area contributed by atoms with E-state index in [1.807, 2.05) is 36.4 Å². The minimum atomic E-state index is -3.68. The van der Waals surface area contributed by atoms with Crippen molar-refractivity contribution in [2.24, 2.45) is 5.73 Å². The van der Waals surface area contributed by atoms with Crippen LogP contribution >= 0.6 is 0 Å². The fourth-order valence-electron chi connectivity index (χ4n) is 5.53. The zero-order chi connectivity index (χ0) is 31.0. The number of carbonyl (C=O) groups excluding carboxylic acids is 1. The molecule has 0 atom stereocenters. The molecule has 0 aliphatic heterocycles. The number of halogens is 1. The van der Waals surface area contributed by atoms with E-state index in [9.17, 15) is 17.6 Å². The number of rotatable bonds is 9. The van der Waals surface area contributed by atoms with E-state index in [2.05, 4.69) is 32.8 Å². The van der Waals surface area contributed by atoms with Gasteiger partial charge in [0.15, 0.2) is 0 Å². The highest BCUT2D eigenvalue weighted by Gasteiger charge is 2.25. The molecule has 4 aromatic carbocycles. The van der Waals surface area contributed by atoms with Gasteiger partial charge in [-0.25, -0.2) is 12.8 Å². The fourth-order valence-corrected chi connectivity index (χ4v) is 6.17. The predicted molar refractivity (Wildman–Crippen MR) is 174 cm³/mol. The van der Waals surface area contributed by atoms with Crippen LogP contribution in [0.15, 0.2) is 95.4 Å². The largest absolute Gasteiger partial charge is 0.455 e. The first-order valence-corrected chi connectivity index (χ1v) is 15.9. The van der Waals surface area contributed by atoms with Crippen LogP contribution < -0.4 is 15.8 Å². The van der Waals surface area contributed by atoms with Crippen LogP contribution in [0.4, 0.5) is 10.1 Å². The lowest BCUT2D eigenvalue weighted by atomic mass is 9.97. The first-order valence-electron chi connectivity index (χ1n) is 14.2. The second-order valence-corrected chi connectivity index (χ2v) is 12.4. The number of nitrogens with two attached hydrogens (primary N) is 1. The number of carbonyl (C=O) groups is 1. The van der Waals surface area contributed by atoms with E-state index in [1.165, 1.54) is 31.3 Å². The maximum Gasteiger partial charge on any atom is 0.255 e. The normalized spacial score (nSPS) is 11.7. The molecule has 0 unspecified atom stereocenters. The molecule has 1 amide bonds. The van der Waals surface area contributed by atoms with E-state index in [1.54, 1.807) is 19.1 Å². The van der Waals surface area contributed by atoms with E-state index in [-0.39, 0.29) is 17.1 Å². The van der Waals surface area contributed by atoms with Crippen LogP contribution in [-0.4, -0.2) is 38.2 Å². The van der Waals surface area contributed by atoms with Crippen molar-refractivity contribution < 1.29 is 22.0 Å². The fraction of sp³-hybridized carbons (Fsp3) is 0.147. The summed E-state index contributed by atoms with van der Waals surface area (Å²) in [7, 11) is -2.16. The minimum Gasteiger partial charge on any atom is -0.455 e. The van der Waals surface area contributed by atoms with Crippen molar-refractivity contribution in [3.05, 3.63) is 102 Å². The van der Waals surface area contributed by atoms with Crippen LogP contribution in [0.5, 0.6) is 0 Å². The highest BCUT2D eigenvalue weighted by Crippen LogP contribution is 2.41. The molecule has 6 aromatic rings. The molecule has 44 heavy (non-hydrogen) atoms. The Hall–Kier alpha value is -4.93. The van der Waals surface area contributed by atoms with Crippen LogP contribution in [0.3, 0.4) is 0 Å². The van der Waals surface area contributed by atoms with Gasteiger partial charge < -0.3 is 20.0 Å². The van der Waals surface area contributed by atoms with Gasteiger partial charge in [-0.05, 0) is 66.6 Å². The van der Waals surface area contributed by atoms with Gasteiger partial charge >= 0.3 is 0 Å². The van der Waals surface area contributed by atoms with Gasteiger partial charge in [-0.15, -0.1) is 0 Å². The van der Waals surface area contributed by atoms with Crippen LogP contribution in [0.25, 0.3) is 55.6 Å². The number of amides is 1. The Morgan fingerprint density at radius 1 is 0.932 bits per heavy atom. The average molecular weight is 611 g/mol. The Labute approximate surface area is 254 Å². The second kappa shape index (κ2) is 11.6. The molecule has 0 radical (unpaired) electrons. The maximum absolute atomic E-state index is 13.7. The van der Waals surface area contributed by atoms with Crippen molar-refractivity contribution in [3.8, 4) is 33.7 Å². The van der Waals surface area contributed by atoms with Crippen LogP contribution in [0, 0.1) is 5.82 Å². The number of aromatic nitrogens is 1. The van der Waals surface area contributed by atoms with Crippen molar-refractivity contribution in [3.63, 3.8) is 0 Å². The van der Waals surface area contributed by atoms with Gasteiger partial charge in [-0.1, -0.05) is 36.4 Å². The Balaban J connectivity index is 1.59. The monoisotopic (exact) mass is 610 g/mol. The summed E-state index contributed by atoms with van der Waals surface area (Å²) >= 11 is 0. The Morgan fingerprint density at radius 2 is 1.68 bits per heavy atom. The van der Waals surface area contributed by atoms with Gasteiger partial charge in [0.2, 0.25) is 10.0 Å². The molecule has 0 saturated carbocycles. The molecule has 6 rings (SSSR count). The van der Waals surface area contributed by atoms with Crippen molar-refractivity contribution in [2.75, 3.05) is 24.1 Å². The van der Waals surface area contributed by atoms with Gasteiger partial charge in [-0.2, -0.15) is 0 Å². The summed E-state index contributed by atoms with van der Waals surface area (Å²) in [5.41, 5.74) is 11.6. The van der Waals surface area contributed by atoms with Gasteiger partial charge in [0.05, 0.1) is 17.0 Å². The Morgan fingerprint density at radius 3 is 2.41 bits per heavy atom. The third kappa shape index (κ3) is 5.34. The molecule has 2 heterocycles. The molecule has 0 spiro atoms. The average Bonchev–Trinajstić information content (AvgIpc) is 3.59. The van der Waals surface area contributed by atoms with E-state index in [0.29, 0.717) is 40.9 Å². The molecule has 2 aromatic heterocycles. The molecule has 224 valence electrons. The summed E-state index contributed by atoms with van der Waals surface area (Å²) in [6, 6.07) is 27.0. The quantitative estimate of drug-likeness (QED) is 0.170. The van der Waals surface area contributed by atoms with E-state index in [4.69, 9.17) is 10.2 Å². The smallest absolute Gasteiger partial charge is 0.255 e. The number of nitrogens with zero attached hydrogens (tertiary/aromatic N) is 1. The van der Waals surface area contributed by atoms with Crippen molar-refractivity contribution >= 4 is 43.5 Å². The van der Waals surface area contributed by atoms with Gasteiger partial charge in [-0.3, -0.25) is 9.52 Å². The van der Waals surface area contributed by atoms with E-state index in [0.717, 1.165) is 27.7 Å². The number of benzene rings is 4. The van der Waals surface area contributed by atoms with Gasteiger partial charge in [0, 0.05) is 59.3 Å². The third-order valence-electron chi connectivity index (χ3n) is 7.67. The molecule has 4 N–H and O–H groups in total. The number of hydrogen-bond donors (Lipinski definition) is 3. The summed E-state index contributed by atoms with van der Waals surface area (Å²) < 4.78 is 50.4. The van der Waals surface area contributed by atoms with E-state index >= 15 is 0 Å². The number of para-hydroxylation sites is 1. The molecule has 0 aliphatic rings. The molecule has 8 nitrogen and oxygen atoms in total. The Bertz CT molecular complexity index is 2130. The minimum absolute atomic E-state index is 0.133. The second-order valence-electron chi connectivity index (χ2n) is 10.4. The number of nitrogens with one attached hydrogen (secondary N) is 2. The SMILES string of the molecule is CCS(=O)(=O)Nc1cc2oc(-c3ccc(F)cc3)c(C(=O)NC)c2cc1-c1cccc(-c2cc3ccccc3n2CCN)c1. The van der Waals surface area contributed by atoms with E-state index < -0.39 is 21.7 Å². The first kappa shape index (κ1) is 29.2. The van der Waals surface area contributed by atoms with Crippen LogP contribution in [0.2, 0.25) is 0 Å². The van der Waals surface area contributed by atoms with Crippen molar-refractivity contribution in [2.45, 2.75) is 13.5 Å². The topological polar surface area (TPSA) is 119 Å². The molecule has 0 fully saturated rings. The lowest BCUT2D eigenvalue weighted by Gasteiger charge is -2.15. The van der Waals surface area contributed by atoms with Gasteiger partial charge in [0.25, 0.3) is 5.91 Å². The molecule has 0 bridgehead atoms. The first-order chi connectivity index (χ1) is 21.2. The highest BCUT2D eigenvalue weighted by atomic mass is 32.2.